The number of hydrogen-bond donors (Lipinski definition) is 0. The smallest absolute Gasteiger partial charge is 0.256 e. The first-order chi connectivity index (χ1) is 14.1. The summed E-state index contributed by atoms with van der Waals surface area (Å²) in [4.78, 5) is 17.7. The van der Waals surface area contributed by atoms with Gasteiger partial charge >= 0.3 is 0 Å². The van der Waals surface area contributed by atoms with E-state index in [0.717, 1.165) is 37.7 Å². The van der Waals surface area contributed by atoms with Gasteiger partial charge in [0.15, 0.2) is 11.6 Å². The SMILES string of the molecule is COc1cc(C(=O)N2Cc3ccccc3C[C@H]2CN2CCOCC2)c(Cl)cc1F. The largest absolute Gasteiger partial charge is 0.494 e. The fourth-order valence-corrected chi connectivity index (χ4v) is 4.31. The Bertz CT molecular complexity index is 902. The Morgan fingerprint density at radius 2 is 1.97 bits per heavy atom. The zero-order valence-corrected chi connectivity index (χ0v) is 17.1. The maximum atomic E-state index is 14.0. The summed E-state index contributed by atoms with van der Waals surface area (Å²) >= 11 is 6.24. The molecule has 0 radical (unpaired) electrons. The molecule has 0 aliphatic carbocycles. The number of ether oxygens (including phenoxy) is 2. The molecule has 1 fully saturated rings. The number of carbonyl (C=O) groups excluding carboxylic acids is 1. The van der Waals surface area contributed by atoms with Crippen molar-refractivity contribution in [3.8, 4) is 5.75 Å². The molecular formula is C22H24ClFN2O3. The molecule has 154 valence electrons. The monoisotopic (exact) mass is 418 g/mol. The third kappa shape index (κ3) is 4.25. The first-order valence-corrected chi connectivity index (χ1v) is 10.2. The molecule has 1 saturated heterocycles. The standard InChI is InChI=1S/C22H24ClFN2O3/c1-28-21-11-18(19(23)12-20(21)24)22(27)26-13-16-5-3-2-4-15(16)10-17(26)14-25-6-8-29-9-7-25/h2-5,11-12,17H,6-10,13-14H2,1H3/t17-/m0/s1. The Labute approximate surface area is 175 Å². The number of fused-ring (bicyclic) bond motifs is 1. The van der Waals surface area contributed by atoms with Gasteiger partial charge in [-0.1, -0.05) is 35.9 Å². The molecule has 7 heteroatoms. The highest BCUT2D eigenvalue weighted by Gasteiger charge is 2.33. The Hall–Kier alpha value is -2.15. The van der Waals surface area contributed by atoms with Crippen LogP contribution in [-0.2, 0) is 17.7 Å². The maximum absolute atomic E-state index is 14.0. The Morgan fingerprint density at radius 1 is 1.24 bits per heavy atom. The molecule has 4 rings (SSSR count). The topological polar surface area (TPSA) is 42.0 Å². The number of methoxy groups -OCH3 is 1. The van der Waals surface area contributed by atoms with Crippen LogP contribution in [0.2, 0.25) is 5.02 Å². The number of amides is 1. The van der Waals surface area contributed by atoms with Crippen molar-refractivity contribution in [2.24, 2.45) is 0 Å². The van der Waals surface area contributed by atoms with Crippen molar-refractivity contribution >= 4 is 17.5 Å². The van der Waals surface area contributed by atoms with Crippen LogP contribution in [0.4, 0.5) is 4.39 Å². The van der Waals surface area contributed by atoms with Crippen molar-refractivity contribution in [1.29, 1.82) is 0 Å². The molecule has 0 spiro atoms. The highest BCUT2D eigenvalue weighted by molar-refractivity contribution is 6.33. The predicted molar refractivity (Wildman–Crippen MR) is 109 cm³/mol. The molecule has 2 aliphatic heterocycles. The van der Waals surface area contributed by atoms with Gasteiger partial charge in [-0.15, -0.1) is 0 Å². The lowest BCUT2D eigenvalue weighted by Crippen LogP contribution is -2.52. The Balaban J connectivity index is 1.65. The third-order valence-electron chi connectivity index (χ3n) is 5.66. The van der Waals surface area contributed by atoms with Crippen molar-refractivity contribution in [1.82, 2.24) is 9.80 Å². The summed E-state index contributed by atoms with van der Waals surface area (Å²) in [6.45, 7) is 4.38. The van der Waals surface area contributed by atoms with E-state index in [2.05, 4.69) is 11.0 Å². The van der Waals surface area contributed by atoms with E-state index in [-0.39, 0.29) is 28.3 Å². The fourth-order valence-electron chi connectivity index (χ4n) is 4.07. The van der Waals surface area contributed by atoms with Crippen molar-refractivity contribution in [3.63, 3.8) is 0 Å². The predicted octanol–water partition coefficient (Wildman–Crippen LogP) is 3.39. The van der Waals surface area contributed by atoms with E-state index < -0.39 is 5.82 Å². The van der Waals surface area contributed by atoms with Gasteiger partial charge in [0.1, 0.15) is 0 Å². The van der Waals surface area contributed by atoms with Crippen LogP contribution < -0.4 is 4.74 Å². The lowest BCUT2D eigenvalue weighted by Gasteiger charge is -2.40. The summed E-state index contributed by atoms with van der Waals surface area (Å²) in [7, 11) is 1.37. The van der Waals surface area contributed by atoms with Gasteiger partial charge in [0, 0.05) is 32.2 Å². The zero-order valence-electron chi connectivity index (χ0n) is 16.4. The molecule has 29 heavy (non-hydrogen) atoms. The number of benzene rings is 2. The number of nitrogens with zero attached hydrogens (tertiary/aromatic N) is 2. The molecule has 0 N–H and O–H groups in total. The highest BCUT2D eigenvalue weighted by Crippen LogP contribution is 2.31. The molecule has 2 aliphatic rings. The average Bonchev–Trinajstić information content (AvgIpc) is 2.74. The molecule has 1 atom stereocenters. The molecule has 5 nitrogen and oxygen atoms in total. The van der Waals surface area contributed by atoms with Gasteiger partial charge < -0.3 is 14.4 Å². The minimum atomic E-state index is -0.581. The lowest BCUT2D eigenvalue weighted by molar-refractivity contribution is 0.0193. The summed E-state index contributed by atoms with van der Waals surface area (Å²) < 4.78 is 24.5. The van der Waals surface area contributed by atoms with E-state index in [4.69, 9.17) is 21.1 Å². The Kier molecular flexibility index (Phi) is 6.04. The molecule has 1 amide bonds. The minimum absolute atomic E-state index is 0.00242. The van der Waals surface area contributed by atoms with E-state index in [0.29, 0.717) is 19.8 Å². The minimum Gasteiger partial charge on any atom is -0.494 e. The number of halogens is 2. The lowest BCUT2D eigenvalue weighted by atomic mass is 9.92. The molecule has 2 aromatic carbocycles. The van der Waals surface area contributed by atoms with Gasteiger partial charge in [0.05, 0.1) is 30.9 Å². The molecule has 0 bridgehead atoms. The van der Waals surface area contributed by atoms with Gasteiger partial charge in [0.25, 0.3) is 5.91 Å². The van der Waals surface area contributed by atoms with Crippen LogP contribution in [0.25, 0.3) is 0 Å². The quantitative estimate of drug-likeness (QED) is 0.763. The van der Waals surface area contributed by atoms with Crippen LogP contribution >= 0.6 is 11.6 Å². The van der Waals surface area contributed by atoms with Crippen LogP contribution in [0.3, 0.4) is 0 Å². The molecule has 2 aromatic rings. The maximum Gasteiger partial charge on any atom is 0.256 e. The van der Waals surface area contributed by atoms with Crippen molar-refractivity contribution < 1.29 is 18.7 Å². The second kappa shape index (κ2) is 8.69. The van der Waals surface area contributed by atoms with Crippen LogP contribution in [0, 0.1) is 5.82 Å². The number of morpholine rings is 1. The van der Waals surface area contributed by atoms with Crippen molar-refractivity contribution in [2.45, 2.75) is 19.0 Å². The van der Waals surface area contributed by atoms with Crippen LogP contribution in [-0.4, -0.2) is 61.7 Å². The van der Waals surface area contributed by atoms with E-state index in [9.17, 15) is 9.18 Å². The first-order valence-electron chi connectivity index (χ1n) is 9.77. The van der Waals surface area contributed by atoms with E-state index >= 15 is 0 Å². The molecule has 0 aromatic heterocycles. The summed E-state index contributed by atoms with van der Waals surface area (Å²) in [6.07, 6.45) is 0.773. The zero-order chi connectivity index (χ0) is 20.4. The third-order valence-corrected chi connectivity index (χ3v) is 5.97. The first kappa shape index (κ1) is 20.1. The summed E-state index contributed by atoms with van der Waals surface area (Å²) in [6, 6.07) is 10.7. The number of hydrogen-bond acceptors (Lipinski definition) is 4. The van der Waals surface area contributed by atoms with E-state index in [1.807, 2.05) is 23.1 Å². The summed E-state index contributed by atoms with van der Waals surface area (Å²) in [5, 5.41) is 0.0947. The summed E-state index contributed by atoms with van der Waals surface area (Å²) in [5.41, 5.74) is 2.65. The van der Waals surface area contributed by atoms with Gasteiger partial charge in [-0.05, 0) is 29.7 Å². The fraction of sp³-hybridized carbons (Fsp3) is 0.409. The molecular weight excluding hydrogens is 395 g/mol. The van der Waals surface area contributed by atoms with Crippen LogP contribution in [0.5, 0.6) is 5.75 Å². The van der Waals surface area contributed by atoms with Gasteiger partial charge in [-0.2, -0.15) is 0 Å². The Morgan fingerprint density at radius 3 is 2.69 bits per heavy atom. The highest BCUT2D eigenvalue weighted by atomic mass is 35.5. The van der Waals surface area contributed by atoms with Gasteiger partial charge in [0.2, 0.25) is 0 Å². The second-order valence-corrected chi connectivity index (χ2v) is 7.85. The number of rotatable bonds is 4. The normalized spacial score (nSPS) is 19.7. The number of carbonyl (C=O) groups is 1. The summed E-state index contributed by atoms with van der Waals surface area (Å²) in [5.74, 6) is -0.774. The molecule has 0 saturated carbocycles. The van der Waals surface area contributed by atoms with Crippen LogP contribution in [0.15, 0.2) is 36.4 Å². The molecule has 0 unspecified atom stereocenters. The van der Waals surface area contributed by atoms with Gasteiger partial charge in [-0.25, -0.2) is 4.39 Å². The molecule has 2 heterocycles. The van der Waals surface area contributed by atoms with Crippen LogP contribution in [0.1, 0.15) is 21.5 Å². The average molecular weight is 419 g/mol. The van der Waals surface area contributed by atoms with Crippen molar-refractivity contribution in [2.75, 3.05) is 40.0 Å². The van der Waals surface area contributed by atoms with Gasteiger partial charge in [-0.3, -0.25) is 9.69 Å². The second-order valence-electron chi connectivity index (χ2n) is 7.44. The van der Waals surface area contributed by atoms with E-state index in [1.54, 1.807) is 0 Å². The van der Waals surface area contributed by atoms with Crippen molar-refractivity contribution in [3.05, 3.63) is 63.9 Å². The van der Waals surface area contributed by atoms with E-state index in [1.165, 1.54) is 18.7 Å².